The molecule has 1 heterocycles. The Morgan fingerprint density at radius 2 is 1.86 bits per heavy atom. The average Bonchev–Trinajstić information content (AvgIpc) is 3.00. The smallest absolute Gasteiger partial charge is 0.333 e. The zero-order valence-corrected chi connectivity index (χ0v) is 19.2. The van der Waals surface area contributed by atoms with Gasteiger partial charge in [-0.05, 0) is 86.4 Å². The molecule has 0 spiro atoms. The first-order valence-electron chi connectivity index (χ1n) is 12.3. The summed E-state index contributed by atoms with van der Waals surface area (Å²) in [6.45, 7) is 11.9. The molecule has 0 saturated heterocycles. The van der Waals surface area contributed by atoms with Crippen LogP contribution in [0.3, 0.4) is 0 Å². The van der Waals surface area contributed by atoms with Gasteiger partial charge in [0.25, 0.3) is 0 Å². The number of aliphatic hydroxyl groups excluding tert-OH is 1. The molecule has 0 amide bonds. The van der Waals surface area contributed by atoms with E-state index in [9.17, 15) is 9.90 Å². The molecule has 3 fully saturated rings. The Bertz CT molecular complexity index is 667. The Hall–Kier alpha value is -0.830. The molecular weight excluding hydrogens is 360 g/mol. The number of esters is 1. The molecule has 0 aromatic rings. The van der Waals surface area contributed by atoms with E-state index in [0.29, 0.717) is 17.3 Å². The molecule has 1 aliphatic heterocycles. The van der Waals surface area contributed by atoms with Crippen LogP contribution in [0.4, 0.5) is 0 Å². The molecule has 3 nitrogen and oxygen atoms in total. The van der Waals surface area contributed by atoms with Crippen LogP contribution in [0.25, 0.3) is 0 Å². The largest absolute Gasteiger partial charge is 0.432 e. The number of ether oxygens (including phenoxy) is 1. The fourth-order valence-electron chi connectivity index (χ4n) is 8.27. The third-order valence-corrected chi connectivity index (χ3v) is 9.88. The molecule has 0 aromatic carbocycles. The summed E-state index contributed by atoms with van der Waals surface area (Å²) in [6.07, 6.45) is 12.1. The van der Waals surface area contributed by atoms with E-state index in [1.807, 2.05) is 0 Å². The van der Waals surface area contributed by atoms with Crippen LogP contribution in [-0.4, -0.2) is 17.4 Å². The van der Waals surface area contributed by atoms with Gasteiger partial charge in [0, 0.05) is 6.08 Å². The molecular formula is C26H42O3. The third kappa shape index (κ3) is 3.40. The first-order chi connectivity index (χ1) is 13.7. The summed E-state index contributed by atoms with van der Waals surface area (Å²) in [7, 11) is 0. The molecule has 29 heavy (non-hydrogen) atoms. The van der Waals surface area contributed by atoms with Gasteiger partial charge in [-0.1, -0.05) is 52.5 Å². The molecule has 4 aliphatic rings. The highest BCUT2D eigenvalue weighted by atomic mass is 16.6. The third-order valence-electron chi connectivity index (χ3n) is 9.88. The summed E-state index contributed by atoms with van der Waals surface area (Å²) in [5, 5.41) is 10.8. The van der Waals surface area contributed by atoms with E-state index in [1.54, 1.807) is 6.08 Å². The number of carbonyl (C=O) groups is 1. The average molecular weight is 403 g/mol. The Balaban J connectivity index is 1.52. The van der Waals surface area contributed by atoms with Crippen molar-refractivity contribution in [3.8, 4) is 0 Å². The van der Waals surface area contributed by atoms with E-state index in [2.05, 4.69) is 34.6 Å². The Kier molecular flexibility index (Phi) is 5.68. The van der Waals surface area contributed by atoms with Crippen molar-refractivity contribution in [1.29, 1.82) is 0 Å². The molecule has 164 valence electrons. The number of carbonyl (C=O) groups excluding carboxylic acids is 1. The van der Waals surface area contributed by atoms with E-state index < -0.39 is 6.29 Å². The Morgan fingerprint density at radius 3 is 2.59 bits per heavy atom. The van der Waals surface area contributed by atoms with Crippen LogP contribution in [0.1, 0.15) is 92.4 Å². The van der Waals surface area contributed by atoms with Crippen molar-refractivity contribution in [2.45, 2.75) is 98.7 Å². The van der Waals surface area contributed by atoms with Gasteiger partial charge in [0.2, 0.25) is 6.29 Å². The highest BCUT2D eigenvalue weighted by molar-refractivity contribution is 5.84. The molecule has 3 saturated carbocycles. The van der Waals surface area contributed by atoms with E-state index in [-0.39, 0.29) is 11.4 Å². The SMILES string of the molecule is CC(C)CCC[C@@H](C)[C@H]1CC[C@H]2[C@@H]3CCC4=CC(=O)OC(O)[C@]4(C)[C@H]3CC[C@]12C. The number of fused-ring (bicyclic) bond motifs is 5. The van der Waals surface area contributed by atoms with Crippen molar-refractivity contribution in [2.75, 3.05) is 0 Å². The molecule has 3 aliphatic carbocycles. The summed E-state index contributed by atoms with van der Waals surface area (Å²) in [5.74, 6) is 3.98. The minimum atomic E-state index is -0.973. The topological polar surface area (TPSA) is 46.5 Å². The second-order valence-corrected chi connectivity index (χ2v) is 11.7. The van der Waals surface area contributed by atoms with Crippen molar-refractivity contribution in [1.82, 2.24) is 0 Å². The molecule has 1 N–H and O–H groups in total. The van der Waals surface area contributed by atoms with Crippen molar-refractivity contribution < 1.29 is 14.6 Å². The molecule has 3 heteroatoms. The summed E-state index contributed by atoms with van der Waals surface area (Å²) in [5.41, 5.74) is 1.22. The first-order valence-corrected chi connectivity index (χ1v) is 12.3. The second kappa shape index (κ2) is 7.70. The van der Waals surface area contributed by atoms with Gasteiger partial charge < -0.3 is 9.84 Å². The second-order valence-electron chi connectivity index (χ2n) is 11.7. The van der Waals surface area contributed by atoms with Gasteiger partial charge in [0.05, 0.1) is 5.41 Å². The van der Waals surface area contributed by atoms with Crippen molar-refractivity contribution in [2.24, 2.45) is 46.3 Å². The fourth-order valence-corrected chi connectivity index (χ4v) is 8.27. The zero-order chi connectivity index (χ0) is 21.0. The minimum Gasteiger partial charge on any atom is -0.432 e. The predicted molar refractivity (Wildman–Crippen MR) is 116 cm³/mol. The lowest BCUT2D eigenvalue weighted by Crippen LogP contribution is -2.56. The van der Waals surface area contributed by atoms with E-state index in [0.717, 1.165) is 42.1 Å². The lowest BCUT2D eigenvalue weighted by molar-refractivity contribution is -0.209. The summed E-state index contributed by atoms with van der Waals surface area (Å²) in [6, 6.07) is 0. The van der Waals surface area contributed by atoms with Gasteiger partial charge in [0.15, 0.2) is 0 Å². The van der Waals surface area contributed by atoms with Crippen molar-refractivity contribution in [3.63, 3.8) is 0 Å². The lowest BCUT2D eigenvalue weighted by Gasteiger charge is -2.58. The molecule has 0 bridgehead atoms. The molecule has 0 radical (unpaired) electrons. The summed E-state index contributed by atoms with van der Waals surface area (Å²) < 4.78 is 5.31. The highest BCUT2D eigenvalue weighted by Gasteiger charge is 2.61. The van der Waals surface area contributed by atoms with Crippen LogP contribution in [-0.2, 0) is 9.53 Å². The summed E-state index contributed by atoms with van der Waals surface area (Å²) in [4.78, 5) is 11.9. The first kappa shape index (κ1) is 21.4. The number of hydrogen-bond acceptors (Lipinski definition) is 3. The van der Waals surface area contributed by atoms with Gasteiger partial charge in [0.1, 0.15) is 0 Å². The van der Waals surface area contributed by atoms with Gasteiger partial charge in [-0.2, -0.15) is 0 Å². The van der Waals surface area contributed by atoms with Gasteiger partial charge in [-0.3, -0.25) is 0 Å². The normalized spacial score (nSPS) is 45.1. The zero-order valence-electron chi connectivity index (χ0n) is 19.2. The maximum Gasteiger partial charge on any atom is 0.333 e. The molecule has 4 rings (SSSR count). The maximum atomic E-state index is 11.9. The molecule has 8 atom stereocenters. The monoisotopic (exact) mass is 402 g/mol. The maximum absolute atomic E-state index is 11.9. The standard InChI is InChI=1S/C26H42O3/c1-16(2)7-6-8-17(3)20-11-12-21-19-10-9-18-15-23(27)29-24(28)26(18,5)22(19)13-14-25(20,21)4/h15-17,19-22,24,28H,6-14H2,1-5H3/t17-,19+,20-,21+,22+,24?,25-,26+/m1/s1. The molecule has 1 unspecified atom stereocenters. The number of cyclic esters (lactones) is 1. The highest BCUT2D eigenvalue weighted by Crippen LogP contribution is 2.67. The lowest BCUT2D eigenvalue weighted by atomic mass is 9.47. The van der Waals surface area contributed by atoms with Crippen LogP contribution in [0.5, 0.6) is 0 Å². The Labute approximate surface area is 177 Å². The minimum absolute atomic E-state index is 0.361. The van der Waals surface area contributed by atoms with Gasteiger partial charge >= 0.3 is 5.97 Å². The molecule has 0 aromatic heterocycles. The predicted octanol–water partition coefficient (Wildman–Crippen LogP) is 6.11. The van der Waals surface area contributed by atoms with Crippen LogP contribution in [0, 0.1) is 46.3 Å². The van der Waals surface area contributed by atoms with Crippen molar-refractivity contribution in [3.05, 3.63) is 11.6 Å². The fraction of sp³-hybridized carbons (Fsp3) is 0.885. The number of aliphatic hydroxyl groups is 1. The van der Waals surface area contributed by atoms with E-state index in [1.165, 1.54) is 44.9 Å². The number of rotatable bonds is 5. The van der Waals surface area contributed by atoms with Crippen LogP contribution >= 0.6 is 0 Å². The van der Waals surface area contributed by atoms with Crippen LogP contribution in [0.15, 0.2) is 11.6 Å². The van der Waals surface area contributed by atoms with Gasteiger partial charge in [-0.25, -0.2) is 4.79 Å². The van der Waals surface area contributed by atoms with Crippen molar-refractivity contribution >= 4 is 5.97 Å². The van der Waals surface area contributed by atoms with Crippen LogP contribution < -0.4 is 0 Å². The van der Waals surface area contributed by atoms with E-state index >= 15 is 0 Å². The Morgan fingerprint density at radius 1 is 1.10 bits per heavy atom. The quantitative estimate of drug-likeness (QED) is 0.564. The summed E-state index contributed by atoms with van der Waals surface area (Å²) >= 11 is 0. The number of hydrogen-bond donors (Lipinski definition) is 1. The van der Waals surface area contributed by atoms with Crippen LogP contribution in [0.2, 0.25) is 0 Å². The van der Waals surface area contributed by atoms with Gasteiger partial charge in [-0.15, -0.1) is 0 Å². The van der Waals surface area contributed by atoms with E-state index in [4.69, 9.17) is 4.74 Å².